The first kappa shape index (κ1) is 15.0. The molecule has 0 bridgehead atoms. The van der Waals surface area contributed by atoms with Crippen molar-refractivity contribution in [2.24, 2.45) is 0 Å². The van der Waals surface area contributed by atoms with E-state index >= 15 is 0 Å². The molecule has 0 aliphatic carbocycles. The van der Waals surface area contributed by atoms with Gasteiger partial charge in [0, 0.05) is 5.02 Å². The van der Waals surface area contributed by atoms with E-state index in [9.17, 15) is 14.3 Å². The average Bonchev–Trinajstić information content (AvgIpc) is 2.40. The molecule has 0 amide bonds. The van der Waals surface area contributed by atoms with Crippen LogP contribution in [0.25, 0.3) is 0 Å². The molecule has 2 aromatic rings. The SMILES string of the molecule is O=C(O)C(Cc1cccc(F)c1Br)c1cccc(Cl)c1. The van der Waals surface area contributed by atoms with E-state index < -0.39 is 17.7 Å². The number of benzene rings is 2. The maximum Gasteiger partial charge on any atom is 0.311 e. The Kier molecular flexibility index (Phi) is 4.78. The number of carboxylic acids is 1. The molecule has 20 heavy (non-hydrogen) atoms. The van der Waals surface area contributed by atoms with Crippen LogP contribution in [-0.4, -0.2) is 11.1 Å². The zero-order chi connectivity index (χ0) is 14.7. The summed E-state index contributed by atoms with van der Waals surface area (Å²) in [5.74, 6) is -2.15. The summed E-state index contributed by atoms with van der Waals surface area (Å²) in [6.45, 7) is 0. The van der Waals surface area contributed by atoms with Crippen LogP contribution in [0.3, 0.4) is 0 Å². The molecule has 0 aliphatic heterocycles. The minimum Gasteiger partial charge on any atom is -0.481 e. The van der Waals surface area contributed by atoms with Crippen LogP contribution in [0.5, 0.6) is 0 Å². The maximum absolute atomic E-state index is 13.5. The van der Waals surface area contributed by atoms with Crippen LogP contribution in [0.15, 0.2) is 46.9 Å². The van der Waals surface area contributed by atoms with E-state index in [-0.39, 0.29) is 6.42 Å². The number of carbonyl (C=O) groups is 1. The largest absolute Gasteiger partial charge is 0.481 e. The van der Waals surface area contributed by atoms with Gasteiger partial charge in [0.05, 0.1) is 10.4 Å². The fourth-order valence-electron chi connectivity index (χ4n) is 2.00. The maximum atomic E-state index is 13.5. The highest BCUT2D eigenvalue weighted by molar-refractivity contribution is 9.10. The van der Waals surface area contributed by atoms with Crippen molar-refractivity contribution >= 4 is 33.5 Å². The van der Waals surface area contributed by atoms with Gasteiger partial charge in [0.25, 0.3) is 0 Å². The molecule has 0 heterocycles. The summed E-state index contributed by atoms with van der Waals surface area (Å²) in [7, 11) is 0. The number of rotatable bonds is 4. The van der Waals surface area contributed by atoms with Crippen molar-refractivity contribution in [3.63, 3.8) is 0 Å². The van der Waals surface area contributed by atoms with E-state index in [1.54, 1.807) is 36.4 Å². The van der Waals surface area contributed by atoms with Crippen LogP contribution in [0.2, 0.25) is 5.02 Å². The van der Waals surface area contributed by atoms with Crippen molar-refractivity contribution in [2.75, 3.05) is 0 Å². The number of hydrogen-bond donors (Lipinski definition) is 1. The standard InChI is InChI=1S/C15H11BrClFO2/c16-14-10(4-2-6-13(14)18)8-12(15(19)20)9-3-1-5-11(17)7-9/h1-7,12H,8H2,(H,19,20). The Morgan fingerprint density at radius 3 is 2.65 bits per heavy atom. The number of aliphatic carboxylic acids is 1. The average molecular weight is 358 g/mol. The number of hydrogen-bond acceptors (Lipinski definition) is 1. The summed E-state index contributed by atoms with van der Waals surface area (Å²) in [5, 5.41) is 9.87. The Bertz CT molecular complexity index is 646. The van der Waals surface area contributed by atoms with Gasteiger partial charge in [0.15, 0.2) is 0 Å². The Hall–Kier alpha value is -1.39. The van der Waals surface area contributed by atoms with Crippen LogP contribution in [0.4, 0.5) is 4.39 Å². The van der Waals surface area contributed by atoms with Crippen LogP contribution in [-0.2, 0) is 11.2 Å². The first-order valence-electron chi connectivity index (χ1n) is 5.90. The van der Waals surface area contributed by atoms with E-state index in [1.807, 2.05) is 0 Å². The molecule has 0 saturated heterocycles. The molecule has 1 N–H and O–H groups in total. The summed E-state index contributed by atoms with van der Waals surface area (Å²) in [4.78, 5) is 11.5. The van der Waals surface area contributed by atoms with Gasteiger partial charge in [-0.05, 0) is 51.7 Å². The van der Waals surface area contributed by atoms with Gasteiger partial charge in [-0.1, -0.05) is 35.9 Å². The lowest BCUT2D eigenvalue weighted by atomic mass is 9.92. The predicted octanol–water partition coefficient (Wildman–Crippen LogP) is 4.65. The lowest BCUT2D eigenvalue weighted by molar-refractivity contribution is -0.138. The Balaban J connectivity index is 2.36. The van der Waals surface area contributed by atoms with Crippen LogP contribution in [0.1, 0.15) is 17.0 Å². The zero-order valence-corrected chi connectivity index (χ0v) is 12.7. The molecule has 0 fully saturated rings. The number of carboxylic acid groups (broad SMARTS) is 1. The summed E-state index contributed by atoms with van der Waals surface area (Å²) in [5.41, 5.74) is 1.21. The molecule has 0 saturated carbocycles. The second kappa shape index (κ2) is 6.37. The first-order valence-corrected chi connectivity index (χ1v) is 7.07. The molecule has 0 aliphatic rings. The molecular formula is C15H11BrClFO2. The summed E-state index contributed by atoms with van der Waals surface area (Å²) in [6, 6.07) is 11.3. The van der Waals surface area contributed by atoms with E-state index in [2.05, 4.69) is 15.9 Å². The molecular weight excluding hydrogens is 347 g/mol. The normalized spacial score (nSPS) is 12.2. The molecule has 104 valence electrons. The minimum absolute atomic E-state index is 0.189. The van der Waals surface area contributed by atoms with E-state index in [0.717, 1.165) is 0 Å². The van der Waals surface area contributed by atoms with Crippen LogP contribution in [0, 0.1) is 5.82 Å². The lowest BCUT2D eigenvalue weighted by Crippen LogP contribution is -2.15. The van der Waals surface area contributed by atoms with Gasteiger partial charge in [-0.25, -0.2) is 4.39 Å². The minimum atomic E-state index is -0.969. The second-order valence-electron chi connectivity index (χ2n) is 4.36. The first-order chi connectivity index (χ1) is 9.49. The van der Waals surface area contributed by atoms with Gasteiger partial charge in [0.1, 0.15) is 5.82 Å². The van der Waals surface area contributed by atoms with Crippen molar-refractivity contribution in [3.8, 4) is 0 Å². The molecule has 2 nitrogen and oxygen atoms in total. The molecule has 0 aromatic heterocycles. The highest BCUT2D eigenvalue weighted by atomic mass is 79.9. The van der Waals surface area contributed by atoms with Crippen LogP contribution < -0.4 is 0 Å². The van der Waals surface area contributed by atoms with Gasteiger partial charge >= 0.3 is 5.97 Å². The molecule has 0 spiro atoms. The van der Waals surface area contributed by atoms with Crippen molar-refractivity contribution in [2.45, 2.75) is 12.3 Å². The molecule has 0 radical (unpaired) electrons. The summed E-state index contributed by atoms with van der Waals surface area (Å²) < 4.78 is 13.8. The molecule has 1 atom stereocenters. The van der Waals surface area contributed by atoms with Crippen molar-refractivity contribution in [1.82, 2.24) is 0 Å². The summed E-state index contributed by atoms with van der Waals surface area (Å²) >= 11 is 9.04. The quantitative estimate of drug-likeness (QED) is 0.864. The van der Waals surface area contributed by atoms with Crippen LogP contribution >= 0.6 is 27.5 Å². The van der Waals surface area contributed by atoms with Crippen molar-refractivity contribution in [1.29, 1.82) is 0 Å². The molecule has 2 rings (SSSR count). The van der Waals surface area contributed by atoms with Crippen molar-refractivity contribution in [3.05, 3.63) is 68.9 Å². The molecule has 5 heteroatoms. The third kappa shape index (κ3) is 3.38. The van der Waals surface area contributed by atoms with Gasteiger partial charge in [-0.2, -0.15) is 0 Å². The van der Waals surface area contributed by atoms with Gasteiger partial charge < -0.3 is 5.11 Å². The van der Waals surface area contributed by atoms with E-state index in [0.29, 0.717) is 20.6 Å². The predicted molar refractivity (Wildman–Crippen MR) is 79.6 cm³/mol. The Morgan fingerprint density at radius 2 is 2.00 bits per heavy atom. The monoisotopic (exact) mass is 356 g/mol. The molecule has 2 aromatic carbocycles. The highest BCUT2D eigenvalue weighted by Gasteiger charge is 2.22. The highest BCUT2D eigenvalue weighted by Crippen LogP contribution is 2.28. The fourth-order valence-corrected chi connectivity index (χ4v) is 2.62. The van der Waals surface area contributed by atoms with E-state index in [1.165, 1.54) is 6.07 Å². The Morgan fingerprint density at radius 1 is 1.30 bits per heavy atom. The third-order valence-corrected chi connectivity index (χ3v) is 4.13. The zero-order valence-electron chi connectivity index (χ0n) is 10.3. The number of halogens is 3. The smallest absolute Gasteiger partial charge is 0.311 e. The summed E-state index contributed by atoms with van der Waals surface area (Å²) in [6.07, 6.45) is 0.189. The third-order valence-electron chi connectivity index (χ3n) is 3.00. The van der Waals surface area contributed by atoms with Gasteiger partial charge in [-0.3, -0.25) is 4.79 Å². The second-order valence-corrected chi connectivity index (χ2v) is 5.59. The van der Waals surface area contributed by atoms with Gasteiger partial charge in [0.2, 0.25) is 0 Å². The molecule has 1 unspecified atom stereocenters. The topological polar surface area (TPSA) is 37.3 Å². The van der Waals surface area contributed by atoms with E-state index in [4.69, 9.17) is 11.6 Å². The van der Waals surface area contributed by atoms with Crippen molar-refractivity contribution < 1.29 is 14.3 Å². The van der Waals surface area contributed by atoms with Gasteiger partial charge in [-0.15, -0.1) is 0 Å². The lowest BCUT2D eigenvalue weighted by Gasteiger charge is -2.14. The Labute approximate surface area is 129 Å². The fraction of sp³-hybridized carbons (Fsp3) is 0.133.